The minimum absolute atomic E-state index is 0.261. The molecule has 1 aromatic carbocycles. The van der Waals surface area contributed by atoms with Gasteiger partial charge in [0.2, 0.25) is 5.91 Å². The molecule has 1 amide bonds. The van der Waals surface area contributed by atoms with E-state index in [0.717, 1.165) is 37.0 Å². The van der Waals surface area contributed by atoms with Gasteiger partial charge in [-0.25, -0.2) is 4.98 Å². The maximum absolute atomic E-state index is 12.4. The van der Waals surface area contributed by atoms with E-state index in [1.165, 1.54) is 30.6 Å². The largest absolute Gasteiger partial charge is 0.342 e. The average molecular weight is 297 g/mol. The normalized spacial score (nSPS) is 18.9. The number of likely N-dealkylation sites (tertiary alicyclic amines) is 1. The van der Waals surface area contributed by atoms with Crippen molar-refractivity contribution >= 4 is 16.9 Å². The van der Waals surface area contributed by atoms with Crippen molar-refractivity contribution in [3.8, 4) is 0 Å². The van der Waals surface area contributed by atoms with E-state index in [2.05, 4.69) is 29.8 Å². The van der Waals surface area contributed by atoms with Gasteiger partial charge in [-0.1, -0.05) is 6.07 Å². The second-order valence-electron chi connectivity index (χ2n) is 6.74. The van der Waals surface area contributed by atoms with E-state index in [-0.39, 0.29) is 5.91 Å². The molecule has 2 aliphatic rings. The molecule has 1 aliphatic carbocycles. The van der Waals surface area contributed by atoms with Crippen LogP contribution in [-0.2, 0) is 18.3 Å². The van der Waals surface area contributed by atoms with Gasteiger partial charge in [-0.05, 0) is 49.8 Å². The quantitative estimate of drug-likeness (QED) is 0.873. The van der Waals surface area contributed by atoms with Crippen molar-refractivity contribution < 1.29 is 4.79 Å². The van der Waals surface area contributed by atoms with E-state index in [0.29, 0.717) is 12.3 Å². The minimum Gasteiger partial charge on any atom is -0.342 e. The lowest BCUT2D eigenvalue weighted by molar-refractivity contribution is -0.131. The zero-order chi connectivity index (χ0) is 15.1. The molecule has 2 heterocycles. The number of hydrogen-bond acceptors (Lipinski definition) is 2. The van der Waals surface area contributed by atoms with Crippen LogP contribution in [0, 0.1) is 0 Å². The molecular formula is C18H23N3O. The third kappa shape index (κ3) is 2.51. The van der Waals surface area contributed by atoms with Crippen LogP contribution in [0.15, 0.2) is 18.2 Å². The van der Waals surface area contributed by atoms with Gasteiger partial charge in [-0.15, -0.1) is 0 Å². The van der Waals surface area contributed by atoms with Crippen LogP contribution in [0.4, 0.5) is 0 Å². The maximum atomic E-state index is 12.4. The molecule has 0 unspecified atom stereocenters. The molecule has 4 rings (SSSR count). The number of rotatable bonds is 3. The van der Waals surface area contributed by atoms with Crippen LogP contribution in [0.3, 0.4) is 0 Å². The molecule has 0 N–H and O–H groups in total. The zero-order valence-corrected chi connectivity index (χ0v) is 13.2. The molecule has 22 heavy (non-hydrogen) atoms. The number of aryl methyl sites for hydroxylation is 1. The fraction of sp³-hybridized carbons (Fsp3) is 0.556. The van der Waals surface area contributed by atoms with Gasteiger partial charge >= 0.3 is 0 Å². The van der Waals surface area contributed by atoms with Gasteiger partial charge in [0.05, 0.1) is 17.5 Å². The van der Waals surface area contributed by atoms with Gasteiger partial charge in [-0.2, -0.15) is 0 Å². The lowest BCUT2D eigenvalue weighted by atomic mass is 10.1. The highest BCUT2D eigenvalue weighted by Gasteiger charge is 2.28. The molecule has 2 aromatic rings. The predicted octanol–water partition coefficient (Wildman–Crippen LogP) is 3.01. The Morgan fingerprint density at radius 3 is 2.73 bits per heavy atom. The average Bonchev–Trinajstić information content (AvgIpc) is 3.33. The van der Waals surface area contributed by atoms with Crippen molar-refractivity contribution in [2.75, 3.05) is 13.1 Å². The van der Waals surface area contributed by atoms with Crippen LogP contribution in [0.5, 0.6) is 0 Å². The molecule has 0 spiro atoms. The van der Waals surface area contributed by atoms with Gasteiger partial charge in [0.15, 0.2) is 0 Å². The lowest BCUT2D eigenvalue weighted by Crippen LogP contribution is -2.36. The summed E-state index contributed by atoms with van der Waals surface area (Å²) < 4.78 is 2.21. The third-order valence-electron chi connectivity index (χ3n) is 4.99. The van der Waals surface area contributed by atoms with E-state index in [1.807, 2.05) is 4.90 Å². The molecule has 1 saturated carbocycles. The number of amides is 1. The van der Waals surface area contributed by atoms with Gasteiger partial charge in [0.1, 0.15) is 5.82 Å². The van der Waals surface area contributed by atoms with Gasteiger partial charge in [0, 0.05) is 26.1 Å². The first kappa shape index (κ1) is 13.8. The fourth-order valence-electron chi connectivity index (χ4n) is 3.51. The number of hydrogen-bond donors (Lipinski definition) is 0. The molecule has 4 heteroatoms. The van der Waals surface area contributed by atoms with E-state index in [1.54, 1.807) is 0 Å². The SMILES string of the molecule is Cn1c(C2CC2)nc2cc(CC(=O)N3CCCCC3)ccc21. The van der Waals surface area contributed by atoms with Crippen molar-refractivity contribution in [1.29, 1.82) is 0 Å². The molecule has 1 aromatic heterocycles. The number of carbonyl (C=O) groups excluding carboxylic acids is 1. The summed E-state index contributed by atoms with van der Waals surface area (Å²) in [5.74, 6) is 2.11. The first-order valence-corrected chi connectivity index (χ1v) is 8.45. The maximum Gasteiger partial charge on any atom is 0.226 e. The number of imidazole rings is 1. The second-order valence-corrected chi connectivity index (χ2v) is 6.74. The zero-order valence-electron chi connectivity index (χ0n) is 13.2. The van der Waals surface area contributed by atoms with Crippen LogP contribution in [0.1, 0.15) is 49.4 Å². The molecule has 0 bridgehead atoms. The van der Waals surface area contributed by atoms with E-state index in [9.17, 15) is 4.79 Å². The predicted molar refractivity (Wildman–Crippen MR) is 86.8 cm³/mol. The number of benzene rings is 1. The molecule has 1 aliphatic heterocycles. The molecule has 116 valence electrons. The number of piperidine rings is 1. The van der Waals surface area contributed by atoms with Crippen LogP contribution in [0.2, 0.25) is 0 Å². The topological polar surface area (TPSA) is 38.1 Å². The molecule has 4 nitrogen and oxygen atoms in total. The number of fused-ring (bicyclic) bond motifs is 1. The summed E-state index contributed by atoms with van der Waals surface area (Å²) in [6.45, 7) is 1.85. The Morgan fingerprint density at radius 2 is 2.00 bits per heavy atom. The summed E-state index contributed by atoms with van der Waals surface area (Å²) in [4.78, 5) is 19.2. The summed E-state index contributed by atoms with van der Waals surface area (Å²) in [7, 11) is 2.10. The minimum atomic E-state index is 0.261. The standard InChI is InChI=1S/C18H23N3O/c1-20-16-8-5-13(11-15(16)19-18(20)14-6-7-14)12-17(22)21-9-3-2-4-10-21/h5,8,11,14H,2-4,6-7,9-10,12H2,1H3. The van der Waals surface area contributed by atoms with Crippen molar-refractivity contribution in [2.24, 2.45) is 7.05 Å². The first-order chi connectivity index (χ1) is 10.7. The van der Waals surface area contributed by atoms with Gasteiger partial charge in [-0.3, -0.25) is 4.79 Å². The van der Waals surface area contributed by atoms with Crippen LogP contribution >= 0.6 is 0 Å². The molecule has 2 fully saturated rings. The highest BCUT2D eigenvalue weighted by Crippen LogP contribution is 2.40. The summed E-state index contributed by atoms with van der Waals surface area (Å²) in [6.07, 6.45) is 6.58. The summed E-state index contributed by atoms with van der Waals surface area (Å²) in [5.41, 5.74) is 3.30. The van der Waals surface area contributed by atoms with Crippen molar-refractivity contribution in [3.05, 3.63) is 29.6 Å². The smallest absolute Gasteiger partial charge is 0.226 e. The van der Waals surface area contributed by atoms with Crippen molar-refractivity contribution in [3.63, 3.8) is 0 Å². The first-order valence-electron chi connectivity index (χ1n) is 8.45. The van der Waals surface area contributed by atoms with Crippen molar-refractivity contribution in [2.45, 2.75) is 44.4 Å². The Labute approximate surface area is 131 Å². The van der Waals surface area contributed by atoms with Gasteiger partial charge in [0.25, 0.3) is 0 Å². The second kappa shape index (κ2) is 5.41. The monoisotopic (exact) mass is 297 g/mol. The third-order valence-corrected chi connectivity index (χ3v) is 4.99. The molecular weight excluding hydrogens is 274 g/mol. The number of aromatic nitrogens is 2. The van der Waals surface area contributed by atoms with Crippen molar-refractivity contribution in [1.82, 2.24) is 14.5 Å². The summed E-state index contributed by atoms with van der Waals surface area (Å²) in [6, 6.07) is 6.30. The van der Waals surface area contributed by atoms with Gasteiger partial charge < -0.3 is 9.47 Å². The van der Waals surface area contributed by atoms with Crippen LogP contribution in [-0.4, -0.2) is 33.4 Å². The van der Waals surface area contributed by atoms with Crippen LogP contribution in [0.25, 0.3) is 11.0 Å². The Bertz CT molecular complexity index is 708. The highest BCUT2D eigenvalue weighted by molar-refractivity contribution is 5.82. The lowest BCUT2D eigenvalue weighted by Gasteiger charge is -2.26. The van der Waals surface area contributed by atoms with E-state index < -0.39 is 0 Å². The summed E-state index contributed by atoms with van der Waals surface area (Å²) >= 11 is 0. The Morgan fingerprint density at radius 1 is 1.23 bits per heavy atom. The Kier molecular flexibility index (Phi) is 3.40. The molecule has 0 atom stereocenters. The highest BCUT2D eigenvalue weighted by atomic mass is 16.2. The Hall–Kier alpha value is -1.84. The fourth-order valence-corrected chi connectivity index (χ4v) is 3.51. The molecule has 1 saturated heterocycles. The van der Waals surface area contributed by atoms with E-state index in [4.69, 9.17) is 4.98 Å². The summed E-state index contributed by atoms with van der Waals surface area (Å²) in [5, 5.41) is 0. The van der Waals surface area contributed by atoms with E-state index >= 15 is 0 Å². The number of carbonyl (C=O) groups is 1. The van der Waals surface area contributed by atoms with Crippen LogP contribution < -0.4 is 0 Å². The number of nitrogens with zero attached hydrogens (tertiary/aromatic N) is 3. The Balaban J connectivity index is 1.55. The molecule has 0 radical (unpaired) electrons.